The molecule has 5 rings (SSSR count). The smallest absolute Gasteiger partial charge is 0.496 e. The minimum Gasteiger partial charge on any atom is -0.496 e. The van der Waals surface area contributed by atoms with E-state index in [0.717, 1.165) is 23.3 Å². The third-order valence-electron chi connectivity index (χ3n) is 6.16. The number of carbonyl (C=O) groups is 4. The summed E-state index contributed by atoms with van der Waals surface area (Å²) >= 11 is 0.986. The second kappa shape index (κ2) is 11.5. The minimum atomic E-state index is -1.28. The van der Waals surface area contributed by atoms with Crippen molar-refractivity contribution in [1.29, 1.82) is 0 Å². The Morgan fingerprint density at radius 3 is 2.70 bits per heavy atom. The summed E-state index contributed by atoms with van der Waals surface area (Å²) in [6, 6.07) is 8.87. The average Bonchev–Trinajstić information content (AvgIpc) is 3.53. The van der Waals surface area contributed by atoms with Gasteiger partial charge in [-0.1, -0.05) is 24.3 Å². The maximum Gasteiger partial charge on any atom is 0.514 e. The number of hydrogen-bond donors (Lipinski definition) is 2. The Hall–Kier alpha value is -4.85. The highest BCUT2D eigenvalue weighted by atomic mass is 32.1. The Morgan fingerprint density at radius 1 is 1.15 bits per heavy atom. The normalized spacial score (nSPS) is 16.6. The van der Waals surface area contributed by atoms with Crippen molar-refractivity contribution in [1.82, 2.24) is 15.2 Å². The summed E-state index contributed by atoms with van der Waals surface area (Å²) in [7, 11) is 2.63. The Balaban J connectivity index is 1.42. The number of para-hydroxylation sites is 1. The van der Waals surface area contributed by atoms with Gasteiger partial charge in [0.1, 0.15) is 31.0 Å². The Morgan fingerprint density at radius 2 is 1.93 bits per heavy atom. The van der Waals surface area contributed by atoms with E-state index < -0.39 is 36.1 Å². The van der Waals surface area contributed by atoms with Crippen LogP contribution in [-0.4, -0.2) is 67.4 Å². The van der Waals surface area contributed by atoms with E-state index in [0.29, 0.717) is 41.6 Å². The first-order valence-electron chi connectivity index (χ1n) is 12.0. The number of amides is 4. The van der Waals surface area contributed by atoms with Crippen LogP contribution in [0.2, 0.25) is 0 Å². The quantitative estimate of drug-likeness (QED) is 0.306. The number of thiazole rings is 1. The molecule has 0 saturated carbocycles. The zero-order valence-corrected chi connectivity index (χ0v) is 22.2. The van der Waals surface area contributed by atoms with Gasteiger partial charge in [0.15, 0.2) is 16.6 Å². The molecule has 1 aromatic heterocycles. The topological polar surface area (TPSA) is 155 Å². The molecule has 2 aliphatic heterocycles. The van der Waals surface area contributed by atoms with Gasteiger partial charge in [0.05, 0.1) is 19.6 Å². The van der Waals surface area contributed by atoms with Gasteiger partial charge in [0.2, 0.25) is 11.8 Å². The van der Waals surface area contributed by atoms with Crippen molar-refractivity contribution < 1.29 is 42.9 Å². The molecule has 208 valence electrons. The summed E-state index contributed by atoms with van der Waals surface area (Å²) in [5.41, 5.74) is 1.08. The number of nitrogens with one attached hydrogen (secondary N) is 2. The molecule has 0 aliphatic carbocycles. The lowest BCUT2D eigenvalue weighted by Gasteiger charge is -2.25. The first-order valence-corrected chi connectivity index (χ1v) is 12.9. The molecule has 2 N–H and O–H groups in total. The Labute approximate surface area is 231 Å². The summed E-state index contributed by atoms with van der Waals surface area (Å²) in [6.07, 6.45) is -1.01. The lowest BCUT2D eigenvalue weighted by Crippen LogP contribution is -2.49. The van der Waals surface area contributed by atoms with Crippen LogP contribution in [0.15, 0.2) is 47.8 Å². The van der Waals surface area contributed by atoms with Crippen molar-refractivity contribution in [2.45, 2.75) is 18.5 Å². The fraction of sp³-hybridized carbons (Fsp3) is 0.269. The minimum absolute atomic E-state index is 0.0419. The van der Waals surface area contributed by atoms with E-state index in [4.69, 9.17) is 18.9 Å². The number of rotatable bonds is 8. The summed E-state index contributed by atoms with van der Waals surface area (Å²) in [6.45, 7) is 0.770. The first kappa shape index (κ1) is 26.7. The molecule has 4 amide bonds. The van der Waals surface area contributed by atoms with Crippen LogP contribution < -0.4 is 29.6 Å². The molecule has 3 aromatic rings. The van der Waals surface area contributed by atoms with Crippen LogP contribution in [0.1, 0.15) is 17.2 Å². The van der Waals surface area contributed by atoms with Gasteiger partial charge in [0, 0.05) is 6.42 Å². The van der Waals surface area contributed by atoms with Gasteiger partial charge in [-0.25, -0.2) is 14.5 Å². The number of methoxy groups -OCH3 is 2. The summed E-state index contributed by atoms with van der Waals surface area (Å²) in [4.78, 5) is 56.8. The van der Waals surface area contributed by atoms with E-state index in [1.165, 1.54) is 12.5 Å². The van der Waals surface area contributed by atoms with Crippen LogP contribution in [-0.2, 0) is 20.7 Å². The highest BCUT2D eigenvalue weighted by Crippen LogP contribution is 2.35. The van der Waals surface area contributed by atoms with Crippen LogP contribution >= 0.6 is 11.3 Å². The second-order valence-electron chi connectivity index (χ2n) is 8.56. The molecule has 2 atom stereocenters. The van der Waals surface area contributed by atoms with Crippen molar-refractivity contribution in [3.8, 4) is 23.1 Å². The lowest BCUT2D eigenvalue weighted by molar-refractivity contribution is -0.134. The maximum absolute atomic E-state index is 13.7. The van der Waals surface area contributed by atoms with Crippen LogP contribution in [0.5, 0.6) is 23.1 Å². The lowest BCUT2D eigenvalue weighted by atomic mass is 10.0. The second-order valence-corrected chi connectivity index (χ2v) is 9.42. The average molecular weight is 569 g/mol. The highest BCUT2D eigenvalue weighted by Gasteiger charge is 2.46. The van der Waals surface area contributed by atoms with E-state index in [-0.39, 0.29) is 17.4 Å². The predicted octanol–water partition coefficient (Wildman–Crippen LogP) is 2.91. The van der Waals surface area contributed by atoms with Crippen LogP contribution in [0.25, 0.3) is 0 Å². The third kappa shape index (κ3) is 5.47. The molecule has 1 fully saturated rings. The van der Waals surface area contributed by atoms with Gasteiger partial charge in [-0.15, -0.1) is 11.3 Å². The number of hydrogen-bond acceptors (Lipinski definition) is 11. The highest BCUT2D eigenvalue weighted by molar-refractivity contribution is 7.14. The maximum atomic E-state index is 13.7. The molecule has 1 saturated heterocycles. The van der Waals surface area contributed by atoms with Crippen molar-refractivity contribution in [2.24, 2.45) is 0 Å². The van der Waals surface area contributed by atoms with Crippen molar-refractivity contribution >= 4 is 40.5 Å². The number of benzene rings is 2. The monoisotopic (exact) mass is 568 g/mol. The molecule has 40 heavy (non-hydrogen) atoms. The standard InChI is InChI=1S/C26H24N4O9S/c1-35-17-6-4-3-5-14(17)11-16(22(31)29-24-27-20(13-40-24)39-26(34)36-2)30-23(32)21(28-25(30)33)15-7-8-18-19(12-15)38-10-9-37-18/h3-8,12-13,16,21H,9-11H2,1-2H3,(H,28,33)(H,27,29,31)/t16-,21?/m0/s1. The molecule has 3 heterocycles. The van der Waals surface area contributed by atoms with Gasteiger partial charge < -0.3 is 34.3 Å². The number of urea groups is 1. The molecule has 2 aromatic carbocycles. The largest absolute Gasteiger partial charge is 0.514 e. The van der Waals surface area contributed by atoms with Crippen LogP contribution in [0.3, 0.4) is 0 Å². The number of nitrogens with zero attached hydrogens (tertiary/aromatic N) is 2. The van der Waals surface area contributed by atoms with Gasteiger partial charge in [-0.3, -0.25) is 9.59 Å². The fourth-order valence-corrected chi connectivity index (χ4v) is 4.93. The Bertz CT molecular complexity index is 1460. The molecule has 2 aliphatic rings. The number of carbonyl (C=O) groups excluding carboxylic acids is 4. The SMILES string of the molecule is COC(=O)Oc1csc(NC(=O)[C@H](Cc2ccccc2OC)N2C(=O)NC(c3ccc4c(c3)OCCO4)C2=O)n1. The van der Waals surface area contributed by atoms with Gasteiger partial charge in [0.25, 0.3) is 5.91 Å². The van der Waals surface area contributed by atoms with Crippen molar-refractivity contribution in [2.75, 3.05) is 32.8 Å². The van der Waals surface area contributed by atoms with Crippen molar-refractivity contribution in [3.05, 3.63) is 59.0 Å². The van der Waals surface area contributed by atoms with Crippen LogP contribution in [0, 0.1) is 0 Å². The molecule has 1 unspecified atom stereocenters. The van der Waals surface area contributed by atoms with E-state index in [2.05, 4.69) is 20.4 Å². The van der Waals surface area contributed by atoms with Gasteiger partial charge in [-0.05, 0) is 29.3 Å². The molecular formula is C26H24N4O9S. The number of imide groups is 1. The number of aromatic nitrogens is 1. The predicted molar refractivity (Wildman–Crippen MR) is 140 cm³/mol. The Kier molecular flexibility index (Phi) is 7.68. The summed E-state index contributed by atoms with van der Waals surface area (Å²) in [5, 5.41) is 6.76. The summed E-state index contributed by atoms with van der Waals surface area (Å²) in [5.74, 6) is 0.0972. The van der Waals surface area contributed by atoms with Gasteiger partial charge >= 0.3 is 12.2 Å². The third-order valence-corrected chi connectivity index (χ3v) is 6.89. The molecule has 0 bridgehead atoms. The fourth-order valence-electron chi connectivity index (χ4n) is 4.31. The van der Waals surface area contributed by atoms with Crippen molar-refractivity contribution in [3.63, 3.8) is 0 Å². The van der Waals surface area contributed by atoms with Crippen LogP contribution in [0.4, 0.5) is 14.7 Å². The molecule has 0 radical (unpaired) electrons. The van der Waals surface area contributed by atoms with E-state index in [9.17, 15) is 19.2 Å². The van der Waals surface area contributed by atoms with E-state index in [1.54, 1.807) is 42.5 Å². The molecule has 14 heteroatoms. The zero-order chi connectivity index (χ0) is 28.2. The number of fused-ring (bicyclic) bond motifs is 1. The zero-order valence-electron chi connectivity index (χ0n) is 21.4. The number of anilines is 1. The summed E-state index contributed by atoms with van der Waals surface area (Å²) < 4.78 is 25.9. The van der Waals surface area contributed by atoms with Gasteiger partial charge in [-0.2, -0.15) is 4.98 Å². The van der Waals surface area contributed by atoms with E-state index >= 15 is 0 Å². The molecular weight excluding hydrogens is 544 g/mol. The molecule has 13 nitrogen and oxygen atoms in total. The molecule has 0 spiro atoms. The first-order chi connectivity index (χ1) is 19.4. The number of ether oxygens (including phenoxy) is 5. The van der Waals surface area contributed by atoms with E-state index in [1.807, 2.05) is 0 Å².